The van der Waals surface area contributed by atoms with Crippen molar-refractivity contribution in [2.24, 2.45) is 17.3 Å². The lowest BCUT2D eigenvalue weighted by atomic mass is 9.57. The van der Waals surface area contributed by atoms with Gasteiger partial charge in [0.25, 0.3) is 0 Å². The summed E-state index contributed by atoms with van der Waals surface area (Å²) in [5, 5.41) is 0. The quantitative estimate of drug-likeness (QED) is 0.491. The standard InChI is InChI=1S/C14H17BrO/c1-4-10-5-7-13(2)8-6-12(16)14(3,15)11(13)9-10/h1,6,8,10-11H,5,7,9H2,2-3H3/t10-,11+,13+,14-/m1/s1. The third kappa shape index (κ3) is 1.66. The molecule has 0 aromatic heterocycles. The molecule has 0 N–H and O–H groups in total. The van der Waals surface area contributed by atoms with E-state index in [0.29, 0.717) is 11.8 Å². The molecule has 1 nitrogen and oxygen atoms in total. The molecule has 2 rings (SSSR count). The largest absolute Gasteiger partial charge is 0.293 e. The molecule has 0 bridgehead atoms. The van der Waals surface area contributed by atoms with Gasteiger partial charge in [0.1, 0.15) is 0 Å². The SMILES string of the molecule is C#C[C@@H]1CC[C@@]2(C)C=CC(=O)[C@](C)(Br)[C@H]2C1. The van der Waals surface area contributed by atoms with Gasteiger partial charge in [-0.25, -0.2) is 0 Å². The van der Waals surface area contributed by atoms with Crippen LogP contribution >= 0.6 is 15.9 Å². The Kier molecular flexibility index (Phi) is 2.78. The van der Waals surface area contributed by atoms with Crippen molar-refractivity contribution in [1.29, 1.82) is 0 Å². The lowest BCUT2D eigenvalue weighted by molar-refractivity contribution is -0.120. The molecule has 0 aliphatic heterocycles. The lowest BCUT2D eigenvalue weighted by Crippen LogP contribution is -2.50. The fourth-order valence-electron chi connectivity index (χ4n) is 3.12. The molecule has 1 saturated carbocycles. The van der Waals surface area contributed by atoms with E-state index in [-0.39, 0.29) is 11.2 Å². The van der Waals surface area contributed by atoms with Crippen LogP contribution in [-0.2, 0) is 4.79 Å². The second-order valence-electron chi connectivity index (χ2n) is 5.47. The predicted octanol–water partition coefficient (Wildman–Crippen LogP) is 3.33. The molecule has 0 unspecified atom stereocenters. The number of terminal acetylenes is 1. The second kappa shape index (κ2) is 3.74. The number of allylic oxidation sites excluding steroid dienone is 2. The summed E-state index contributed by atoms with van der Waals surface area (Å²) >= 11 is 3.62. The number of fused-ring (bicyclic) bond motifs is 1. The molecule has 1 fully saturated rings. The minimum atomic E-state index is -0.438. The van der Waals surface area contributed by atoms with Gasteiger partial charge in [-0.05, 0) is 43.6 Å². The van der Waals surface area contributed by atoms with Crippen molar-refractivity contribution in [3.63, 3.8) is 0 Å². The fourth-order valence-corrected chi connectivity index (χ4v) is 3.97. The average molecular weight is 281 g/mol. The molecule has 0 radical (unpaired) electrons. The summed E-state index contributed by atoms with van der Waals surface area (Å²) < 4.78 is -0.438. The van der Waals surface area contributed by atoms with Crippen LogP contribution in [0.4, 0.5) is 0 Å². The molecule has 4 atom stereocenters. The molecule has 86 valence electrons. The molecule has 16 heavy (non-hydrogen) atoms. The smallest absolute Gasteiger partial charge is 0.172 e. The van der Waals surface area contributed by atoms with Crippen molar-refractivity contribution < 1.29 is 4.79 Å². The van der Waals surface area contributed by atoms with E-state index in [2.05, 4.69) is 34.9 Å². The van der Waals surface area contributed by atoms with E-state index in [4.69, 9.17) is 6.42 Å². The van der Waals surface area contributed by atoms with E-state index in [1.54, 1.807) is 6.08 Å². The molecule has 0 heterocycles. The van der Waals surface area contributed by atoms with Crippen LogP contribution in [0.5, 0.6) is 0 Å². The molecular weight excluding hydrogens is 264 g/mol. The van der Waals surface area contributed by atoms with Crippen LogP contribution < -0.4 is 0 Å². The number of carbonyl (C=O) groups is 1. The number of ketones is 1. The van der Waals surface area contributed by atoms with Crippen LogP contribution in [0.2, 0.25) is 0 Å². The number of rotatable bonds is 0. The maximum atomic E-state index is 11.9. The first-order chi connectivity index (χ1) is 7.40. The van der Waals surface area contributed by atoms with E-state index >= 15 is 0 Å². The van der Waals surface area contributed by atoms with Crippen LogP contribution in [0.1, 0.15) is 33.1 Å². The van der Waals surface area contributed by atoms with E-state index in [1.807, 2.05) is 6.92 Å². The molecule has 0 spiro atoms. The third-order valence-electron chi connectivity index (χ3n) is 4.34. The number of hydrogen-bond acceptors (Lipinski definition) is 1. The Morgan fingerprint density at radius 3 is 2.88 bits per heavy atom. The summed E-state index contributed by atoms with van der Waals surface area (Å²) in [6.07, 6.45) is 12.5. The van der Waals surface area contributed by atoms with Crippen molar-refractivity contribution in [1.82, 2.24) is 0 Å². The summed E-state index contributed by atoms with van der Waals surface area (Å²) in [6, 6.07) is 0. The Balaban J connectivity index is 2.38. The highest BCUT2D eigenvalue weighted by molar-refractivity contribution is 9.10. The van der Waals surface area contributed by atoms with E-state index in [0.717, 1.165) is 19.3 Å². The van der Waals surface area contributed by atoms with Gasteiger partial charge in [-0.2, -0.15) is 0 Å². The maximum Gasteiger partial charge on any atom is 0.172 e. The highest BCUT2D eigenvalue weighted by Crippen LogP contribution is 2.54. The van der Waals surface area contributed by atoms with Gasteiger partial charge in [0.05, 0.1) is 4.32 Å². The molecule has 0 saturated heterocycles. The van der Waals surface area contributed by atoms with Gasteiger partial charge in [-0.3, -0.25) is 4.79 Å². The second-order valence-corrected chi connectivity index (χ2v) is 7.12. The van der Waals surface area contributed by atoms with Gasteiger partial charge >= 0.3 is 0 Å². The van der Waals surface area contributed by atoms with Gasteiger partial charge in [0.15, 0.2) is 5.78 Å². The van der Waals surface area contributed by atoms with Crippen molar-refractivity contribution in [2.75, 3.05) is 0 Å². The van der Waals surface area contributed by atoms with Crippen molar-refractivity contribution in [3.8, 4) is 12.3 Å². The van der Waals surface area contributed by atoms with Crippen LogP contribution in [0, 0.1) is 29.6 Å². The number of halogens is 1. The monoisotopic (exact) mass is 280 g/mol. The predicted molar refractivity (Wildman–Crippen MR) is 69.3 cm³/mol. The minimum absolute atomic E-state index is 0.125. The Morgan fingerprint density at radius 2 is 2.25 bits per heavy atom. The lowest BCUT2D eigenvalue weighted by Gasteiger charge is -2.49. The zero-order valence-corrected chi connectivity index (χ0v) is 11.4. The van der Waals surface area contributed by atoms with Crippen molar-refractivity contribution >= 4 is 21.7 Å². The highest BCUT2D eigenvalue weighted by atomic mass is 79.9. The van der Waals surface area contributed by atoms with E-state index < -0.39 is 4.32 Å². The maximum absolute atomic E-state index is 11.9. The van der Waals surface area contributed by atoms with Crippen LogP contribution in [-0.4, -0.2) is 10.1 Å². The highest BCUT2D eigenvalue weighted by Gasteiger charge is 2.51. The van der Waals surface area contributed by atoms with Crippen LogP contribution in [0.25, 0.3) is 0 Å². The zero-order valence-electron chi connectivity index (χ0n) is 9.79. The first-order valence-electron chi connectivity index (χ1n) is 5.79. The normalized spacial score (nSPS) is 47.2. The molecule has 0 aromatic rings. The summed E-state index contributed by atoms with van der Waals surface area (Å²) in [5.41, 5.74) is 0.125. The van der Waals surface area contributed by atoms with Gasteiger partial charge in [0.2, 0.25) is 0 Å². The summed E-state index contributed by atoms with van der Waals surface area (Å²) in [7, 11) is 0. The Labute approximate surface area is 106 Å². The molecule has 0 amide bonds. The first kappa shape index (κ1) is 11.9. The fraction of sp³-hybridized carbons (Fsp3) is 0.643. The topological polar surface area (TPSA) is 17.1 Å². The zero-order chi connectivity index (χ0) is 12.0. The minimum Gasteiger partial charge on any atom is -0.293 e. The van der Waals surface area contributed by atoms with Crippen molar-refractivity contribution in [2.45, 2.75) is 37.4 Å². The molecule has 2 aliphatic carbocycles. The van der Waals surface area contributed by atoms with Gasteiger partial charge < -0.3 is 0 Å². The Morgan fingerprint density at radius 1 is 1.56 bits per heavy atom. The van der Waals surface area contributed by atoms with E-state index in [1.165, 1.54) is 0 Å². The summed E-state index contributed by atoms with van der Waals surface area (Å²) in [5.74, 6) is 3.66. The van der Waals surface area contributed by atoms with Gasteiger partial charge in [-0.1, -0.05) is 28.9 Å². The molecule has 2 aliphatic rings. The summed E-state index contributed by atoms with van der Waals surface area (Å²) in [6.45, 7) is 4.23. The van der Waals surface area contributed by atoms with Gasteiger partial charge in [-0.15, -0.1) is 12.3 Å². The number of hydrogen-bond donors (Lipinski definition) is 0. The molecule has 2 heteroatoms. The average Bonchev–Trinajstić information content (AvgIpc) is 2.25. The van der Waals surface area contributed by atoms with Gasteiger partial charge in [0, 0.05) is 5.92 Å². The molecular formula is C14H17BrO. The number of alkyl halides is 1. The Bertz CT molecular complexity index is 388. The summed E-state index contributed by atoms with van der Waals surface area (Å²) in [4.78, 5) is 11.9. The van der Waals surface area contributed by atoms with Crippen LogP contribution in [0.15, 0.2) is 12.2 Å². The van der Waals surface area contributed by atoms with Crippen molar-refractivity contribution in [3.05, 3.63) is 12.2 Å². The number of carbonyl (C=O) groups excluding carboxylic acids is 1. The third-order valence-corrected chi connectivity index (χ3v) is 5.28. The van der Waals surface area contributed by atoms with E-state index in [9.17, 15) is 4.79 Å². The first-order valence-corrected chi connectivity index (χ1v) is 6.58. The van der Waals surface area contributed by atoms with Crippen LogP contribution in [0.3, 0.4) is 0 Å². The Hall–Kier alpha value is -0.550. The molecule has 0 aromatic carbocycles.